The monoisotopic (exact) mass is 325 g/mol. The molecule has 2 fully saturated rings. The molecule has 2 aliphatic rings. The van der Waals surface area contributed by atoms with E-state index in [9.17, 15) is 9.59 Å². The number of amides is 2. The fraction of sp³-hybridized carbons (Fsp3) is 0.882. The summed E-state index contributed by atoms with van der Waals surface area (Å²) in [6.07, 6.45) is 10.6. The number of carbonyl (C=O) groups excluding carboxylic acids is 1. The van der Waals surface area contributed by atoms with Gasteiger partial charge in [0.1, 0.15) is 0 Å². The maximum absolute atomic E-state index is 12.0. The molecule has 3 N–H and O–H groups in total. The van der Waals surface area contributed by atoms with Crippen LogP contribution in [0.3, 0.4) is 0 Å². The summed E-state index contributed by atoms with van der Waals surface area (Å²) in [5.74, 6) is -0.821. The second-order valence-electron chi connectivity index (χ2n) is 6.94. The van der Waals surface area contributed by atoms with Gasteiger partial charge in [-0.25, -0.2) is 4.79 Å². The molecule has 0 aromatic carbocycles. The fourth-order valence-electron chi connectivity index (χ4n) is 3.93. The molecule has 0 radical (unpaired) electrons. The molecule has 6 heteroatoms. The lowest BCUT2D eigenvalue weighted by Gasteiger charge is -2.48. The van der Waals surface area contributed by atoms with E-state index in [2.05, 4.69) is 15.5 Å². The number of hydrogen-bond donors (Lipinski definition) is 3. The van der Waals surface area contributed by atoms with Crippen molar-refractivity contribution in [2.75, 3.05) is 26.2 Å². The zero-order valence-corrected chi connectivity index (χ0v) is 14.1. The summed E-state index contributed by atoms with van der Waals surface area (Å²) in [4.78, 5) is 25.0. The number of rotatable bonds is 7. The highest BCUT2D eigenvalue weighted by molar-refractivity contribution is 5.74. The van der Waals surface area contributed by atoms with Gasteiger partial charge in [0.2, 0.25) is 0 Å². The van der Waals surface area contributed by atoms with Crippen LogP contribution in [0.15, 0.2) is 0 Å². The molecule has 0 bridgehead atoms. The highest BCUT2D eigenvalue weighted by atomic mass is 16.4. The van der Waals surface area contributed by atoms with E-state index in [4.69, 9.17) is 5.11 Å². The Morgan fingerprint density at radius 1 is 0.957 bits per heavy atom. The SMILES string of the molecule is O=C(O)CCCNC(=O)NCC1(N2CCCCC2)CCCCC1. The molecule has 0 aromatic rings. The van der Waals surface area contributed by atoms with Crippen LogP contribution in [-0.4, -0.2) is 53.7 Å². The minimum Gasteiger partial charge on any atom is -0.481 e. The molecule has 1 saturated carbocycles. The van der Waals surface area contributed by atoms with Crippen LogP contribution in [0.4, 0.5) is 4.79 Å². The Bertz CT molecular complexity index is 389. The van der Waals surface area contributed by atoms with Gasteiger partial charge < -0.3 is 15.7 Å². The van der Waals surface area contributed by atoms with Crippen molar-refractivity contribution in [3.05, 3.63) is 0 Å². The standard InChI is InChI=1S/C17H31N3O3/c21-15(22)8-7-11-18-16(23)19-14-17(9-3-1-4-10-17)20-12-5-2-6-13-20/h1-14H2,(H,21,22)(H2,18,19,23). The number of carboxylic acid groups (broad SMARTS) is 1. The lowest BCUT2D eigenvalue weighted by molar-refractivity contribution is -0.137. The van der Waals surface area contributed by atoms with Crippen molar-refractivity contribution in [3.8, 4) is 0 Å². The Labute approximate surface area is 139 Å². The van der Waals surface area contributed by atoms with E-state index in [0.717, 1.165) is 13.1 Å². The molecule has 0 atom stereocenters. The molecule has 0 unspecified atom stereocenters. The number of likely N-dealkylation sites (tertiary alicyclic amines) is 1. The van der Waals surface area contributed by atoms with Gasteiger partial charge in [0.25, 0.3) is 0 Å². The molecule has 1 aliphatic heterocycles. The minimum absolute atomic E-state index is 0.0952. The van der Waals surface area contributed by atoms with Gasteiger partial charge >= 0.3 is 12.0 Å². The molecule has 6 nitrogen and oxygen atoms in total. The highest BCUT2D eigenvalue weighted by Gasteiger charge is 2.38. The first-order chi connectivity index (χ1) is 11.1. The Morgan fingerprint density at radius 3 is 2.26 bits per heavy atom. The largest absolute Gasteiger partial charge is 0.481 e. The molecular weight excluding hydrogens is 294 g/mol. The summed E-state index contributed by atoms with van der Waals surface area (Å²) in [5, 5.41) is 14.4. The third-order valence-electron chi connectivity index (χ3n) is 5.24. The van der Waals surface area contributed by atoms with Crippen molar-refractivity contribution < 1.29 is 14.7 Å². The van der Waals surface area contributed by atoms with Gasteiger partial charge in [-0.1, -0.05) is 25.7 Å². The van der Waals surface area contributed by atoms with Crippen LogP contribution >= 0.6 is 0 Å². The van der Waals surface area contributed by atoms with E-state index < -0.39 is 5.97 Å². The molecular formula is C17H31N3O3. The number of aliphatic carboxylic acids is 1. The molecule has 0 spiro atoms. The lowest BCUT2D eigenvalue weighted by Crippen LogP contribution is -2.59. The molecule has 1 aliphatic carbocycles. The summed E-state index contributed by atoms with van der Waals surface area (Å²) in [6, 6.07) is -0.169. The summed E-state index contributed by atoms with van der Waals surface area (Å²) in [5.41, 5.74) is 0.136. The van der Waals surface area contributed by atoms with Crippen LogP contribution in [0.25, 0.3) is 0 Å². The average molecular weight is 325 g/mol. The van der Waals surface area contributed by atoms with E-state index in [1.807, 2.05) is 0 Å². The zero-order valence-electron chi connectivity index (χ0n) is 14.1. The minimum atomic E-state index is -0.821. The first kappa shape index (κ1) is 18.0. The Kier molecular flexibility index (Phi) is 7.15. The number of hydrogen-bond acceptors (Lipinski definition) is 3. The fourth-order valence-corrected chi connectivity index (χ4v) is 3.93. The maximum atomic E-state index is 12.0. The van der Waals surface area contributed by atoms with E-state index in [1.165, 1.54) is 51.4 Å². The van der Waals surface area contributed by atoms with Gasteiger partial charge in [0, 0.05) is 25.0 Å². The number of carboxylic acids is 1. The molecule has 0 aromatic heterocycles. The van der Waals surface area contributed by atoms with Crippen LogP contribution in [0.5, 0.6) is 0 Å². The maximum Gasteiger partial charge on any atom is 0.314 e. The Hall–Kier alpha value is -1.30. The quantitative estimate of drug-likeness (QED) is 0.628. The molecule has 1 heterocycles. The van der Waals surface area contributed by atoms with Gasteiger partial charge in [-0.15, -0.1) is 0 Å². The Balaban J connectivity index is 1.78. The molecule has 1 saturated heterocycles. The van der Waals surface area contributed by atoms with Gasteiger partial charge in [-0.3, -0.25) is 9.69 Å². The van der Waals surface area contributed by atoms with Gasteiger partial charge in [-0.05, 0) is 45.2 Å². The van der Waals surface area contributed by atoms with Crippen molar-refractivity contribution >= 4 is 12.0 Å². The molecule has 2 amide bonds. The summed E-state index contributed by atoms with van der Waals surface area (Å²) >= 11 is 0. The summed E-state index contributed by atoms with van der Waals surface area (Å²) in [6.45, 7) is 3.43. The third kappa shape index (κ3) is 5.68. The van der Waals surface area contributed by atoms with Crippen molar-refractivity contribution in [2.45, 2.75) is 69.7 Å². The van der Waals surface area contributed by atoms with Crippen LogP contribution in [0, 0.1) is 0 Å². The summed E-state index contributed by atoms with van der Waals surface area (Å²) in [7, 11) is 0. The van der Waals surface area contributed by atoms with Crippen LogP contribution in [-0.2, 0) is 4.79 Å². The molecule has 2 rings (SSSR count). The predicted octanol–water partition coefficient (Wildman–Crippen LogP) is 2.34. The lowest BCUT2D eigenvalue weighted by atomic mass is 9.79. The number of piperidine rings is 1. The second-order valence-corrected chi connectivity index (χ2v) is 6.94. The van der Waals surface area contributed by atoms with Gasteiger partial charge in [-0.2, -0.15) is 0 Å². The first-order valence-corrected chi connectivity index (χ1v) is 9.11. The number of carbonyl (C=O) groups is 2. The van der Waals surface area contributed by atoms with Gasteiger partial charge in [0.15, 0.2) is 0 Å². The average Bonchev–Trinajstić information content (AvgIpc) is 2.58. The van der Waals surface area contributed by atoms with Crippen molar-refractivity contribution in [2.24, 2.45) is 0 Å². The van der Waals surface area contributed by atoms with E-state index >= 15 is 0 Å². The number of nitrogens with one attached hydrogen (secondary N) is 2. The van der Waals surface area contributed by atoms with E-state index in [-0.39, 0.29) is 18.0 Å². The van der Waals surface area contributed by atoms with Crippen LogP contribution in [0.2, 0.25) is 0 Å². The highest BCUT2D eigenvalue weighted by Crippen LogP contribution is 2.35. The third-order valence-corrected chi connectivity index (χ3v) is 5.24. The van der Waals surface area contributed by atoms with Crippen molar-refractivity contribution in [1.82, 2.24) is 15.5 Å². The second kappa shape index (κ2) is 9.11. The summed E-state index contributed by atoms with van der Waals surface area (Å²) < 4.78 is 0. The van der Waals surface area contributed by atoms with Crippen molar-refractivity contribution in [1.29, 1.82) is 0 Å². The normalized spacial score (nSPS) is 21.6. The first-order valence-electron chi connectivity index (χ1n) is 9.11. The van der Waals surface area contributed by atoms with Crippen LogP contribution < -0.4 is 10.6 Å². The zero-order chi connectivity index (χ0) is 16.5. The topological polar surface area (TPSA) is 81.7 Å². The van der Waals surface area contributed by atoms with Gasteiger partial charge in [0.05, 0.1) is 0 Å². The van der Waals surface area contributed by atoms with E-state index in [1.54, 1.807) is 0 Å². The van der Waals surface area contributed by atoms with Crippen LogP contribution in [0.1, 0.15) is 64.2 Å². The predicted molar refractivity (Wildman–Crippen MR) is 89.5 cm³/mol. The number of nitrogens with zero attached hydrogens (tertiary/aromatic N) is 1. The van der Waals surface area contributed by atoms with E-state index in [0.29, 0.717) is 19.5 Å². The molecule has 132 valence electrons. The van der Waals surface area contributed by atoms with Crippen molar-refractivity contribution in [3.63, 3.8) is 0 Å². The number of urea groups is 1. The smallest absolute Gasteiger partial charge is 0.314 e. The molecule has 23 heavy (non-hydrogen) atoms. The Morgan fingerprint density at radius 2 is 1.61 bits per heavy atom.